The molecule has 4 unspecified atom stereocenters. The van der Waals surface area contributed by atoms with Gasteiger partial charge < -0.3 is 14.2 Å². The minimum atomic E-state index is -0.154. The number of unbranched alkanes of at least 4 members (excludes halogenated alkanes) is 4. The Kier molecular flexibility index (Phi) is 7.47. The molecule has 4 rings (SSSR count). The average molecular weight is 423 g/mol. The predicted molar refractivity (Wildman–Crippen MR) is 125 cm³/mol. The monoisotopic (exact) mass is 422 g/mol. The van der Waals surface area contributed by atoms with Crippen molar-refractivity contribution in [2.24, 2.45) is 0 Å². The van der Waals surface area contributed by atoms with Crippen LogP contribution >= 0.6 is 0 Å². The third-order valence-corrected chi connectivity index (χ3v) is 7.00. The van der Waals surface area contributed by atoms with Crippen molar-refractivity contribution in [2.45, 2.75) is 88.6 Å². The molecule has 0 amide bonds. The smallest absolute Gasteiger partial charge is 0.122 e. The molecule has 0 aliphatic carbocycles. The van der Waals surface area contributed by atoms with Gasteiger partial charge in [-0.15, -0.1) is 0 Å². The third-order valence-electron chi connectivity index (χ3n) is 7.00. The van der Waals surface area contributed by atoms with Gasteiger partial charge in [0.2, 0.25) is 0 Å². The van der Waals surface area contributed by atoms with E-state index in [-0.39, 0.29) is 23.4 Å². The quantitative estimate of drug-likeness (QED) is 0.249. The molecule has 2 aromatic carbocycles. The number of rotatable bonds is 14. The predicted octanol–water partition coefficient (Wildman–Crippen LogP) is 6.75. The maximum absolute atomic E-state index is 6.29. The lowest BCUT2D eigenvalue weighted by Gasteiger charge is -2.15. The largest absolute Gasteiger partial charge is 0.376 e. The van der Waals surface area contributed by atoms with Crippen molar-refractivity contribution in [1.29, 1.82) is 0 Å². The highest BCUT2D eigenvalue weighted by Crippen LogP contribution is 2.52. The summed E-state index contributed by atoms with van der Waals surface area (Å²) in [4.78, 5) is 0. The molecule has 2 saturated heterocycles. The van der Waals surface area contributed by atoms with E-state index < -0.39 is 0 Å². The van der Waals surface area contributed by atoms with Gasteiger partial charge in [-0.3, -0.25) is 0 Å². The molecule has 31 heavy (non-hydrogen) atoms. The third kappa shape index (κ3) is 5.05. The fourth-order valence-corrected chi connectivity index (χ4v) is 5.01. The van der Waals surface area contributed by atoms with E-state index in [9.17, 15) is 0 Å². The Morgan fingerprint density at radius 1 is 0.645 bits per heavy atom. The van der Waals surface area contributed by atoms with Crippen LogP contribution in [0.2, 0.25) is 0 Å². The average Bonchev–Trinajstić information content (AvgIpc) is 3.71. The molecule has 0 bridgehead atoms. The molecule has 0 spiro atoms. The molecule has 168 valence electrons. The highest BCUT2D eigenvalue weighted by atomic mass is 16.7. The Labute approximate surface area is 188 Å². The maximum atomic E-state index is 6.29. The van der Waals surface area contributed by atoms with Crippen LogP contribution in [0.4, 0.5) is 0 Å². The molecule has 3 heteroatoms. The molecule has 2 aromatic rings. The standard InChI is InChI=1S/C28H38O3/c1-3-5-13-19-27(23-15-9-7-10-16-23)25(30-27)21-29-22-26-28(31-26,20-14-6-4-2)24-17-11-8-12-18-24/h7-12,15-18,25-26H,3-6,13-14,19-22H2,1-2H3. The highest BCUT2D eigenvalue weighted by Gasteiger charge is 2.59. The van der Waals surface area contributed by atoms with Crippen LogP contribution in [0.5, 0.6) is 0 Å². The zero-order valence-corrected chi connectivity index (χ0v) is 19.2. The lowest BCUT2D eigenvalue weighted by Crippen LogP contribution is -2.20. The normalized spacial score (nSPS) is 29.1. The summed E-state index contributed by atoms with van der Waals surface area (Å²) in [6.07, 6.45) is 9.79. The first kappa shape index (κ1) is 22.5. The van der Waals surface area contributed by atoms with Crippen LogP contribution < -0.4 is 0 Å². The molecular weight excluding hydrogens is 384 g/mol. The van der Waals surface area contributed by atoms with Crippen LogP contribution in [-0.2, 0) is 25.4 Å². The van der Waals surface area contributed by atoms with E-state index in [1.165, 1.54) is 49.7 Å². The van der Waals surface area contributed by atoms with Crippen LogP contribution in [-0.4, -0.2) is 25.4 Å². The maximum Gasteiger partial charge on any atom is 0.122 e. The number of hydrogen-bond acceptors (Lipinski definition) is 3. The molecule has 0 N–H and O–H groups in total. The Morgan fingerprint density at radius 2 is 1.06 bits per heavy atom. The van der Waals surface area contributed by atoms with Crippen molar-refractivity contribution in [1.82, 2.24) is 0 Å². The first-order valence-corrected chi connectivity index (χ1v) is 12.3. The zero-order valence-electron chi connectivity index (χ0n) is 19.2. The van der Waals surface area contributed by atoms with Gasteiger partial charge in [-0.25, -0.2) is 0 Å². The summed E-state index contributed by atoms with van der Waals surface area (Å²) < 4.78 is 18.8. The molecule has 0 saturated carbocycles. The molecule has 2 aliphatic heterocycles. The van der Waals surface area contributed by atoms with Crippen molar-refractivity contribution >= 4 is 0 Å². The molecule has 2 heterocycles. The summed E-state index contributed by atoms with van der Waals surface area (Å²) in [6, 6.07) is 21.4. The Bertz CT molecular complexity index is 725. The molecule has 2 fully saturated rings. The molecule has 4 atom stereocenters. The first-order valence-electron chi connectivity index (χ1n) is 12.3. The van der Waals surface area contributed by atoms with Crippen molar-refractivity contribution in [2.75, 3.05) is 13.2 Å². The Morgan fingerprint density at radius 3 is 1.45 bits per heavy atom. The van der Waals surface area contributed by atoms with Gasteiger partial charge in [-0.05, 0) is 24.0 Å². The van der Waals surface area contributed by atoms with E-state index in [0.717, 1.165) is 12.8 Å². The topological polar surface area (TPSA) is 34.3 Å². The first-order chi connectivity index (χ1) is 15.2. The minimum absolute atomic E-state index is 0.150. The minimum Gasteiger partial charge on any atom is -0.376 e. The van der Waals surface area contributed by atoms with Gasteiger partial charge in [-0.2, -0.15) is 0 Å². The Balaban J connectivity index is 1.32. The van der Waals surface area contributed by atoms with Crippen molar-refractivity contribution < 1.29 is 14.2 Å². The highest BCUT2D eigenvalue weighted by molar-refractivity contribution is 5.30. The summed E-state index contributed by atoms with van der Waals surface area (Å²) in [7, 11) is 0. The van der Waals surface area contributed by atoms with Gasteiger partial charge >= 0.3 is 0 Å². The van der Waals surface area contributed by atoms with E-state index in [1.54, 1.807) is 0 Å². The molecule has 0 radical (unpaired) electrons. The van der Waals surface area contributed by atoms with Gasteiger partial charge in [-0.1, -0.05) is 113 Å². The Hall–Kier alpha value is -1.68. The van der Waals surface area contributed by atoms with Crippen LogP contribution in [0.25, 0.3) is 0 Å². The second kappa shape index (κ2) is 10.3. The van der Waals surface area contributed by atoms with Gasteiger partial charge in [0.05, 0.1) is 13.2 Å². The molecule has 3 nitrogen and oxygen atoms in total. The van der Waals surface area contributed by atoms with Crippen LogP contribution in [0.1, 0.15) is 76.3 Å². The molecule has 0 aromatic heterocycles. The van der Waals surface area contributed by atoms with Gasteiger partial charge in [0.15, 0.2) is 0 Å². The summed E-state index contributed by atoms with van der Waals surface area (Å²) >= 11 is 0. The number of ether oxygens (including phenoxy) is 3. The lowest BCUT2D eigenvalue weighted by atomic mass is 9.89. The van der Waals surface area contributed by atoms with E-state index in [2.05, 4.69) is 74.5 Å². The molecular formula is C28H38O3. The van der Waals surface area contributed by atoms with Crippen molar-refractivity contribution in [3.05, 3.63) is 71.8 Å². The lowest BCUT2D eigenvalue weighted by molar-refractivity contribution is 0.101. The van der Waals surface area contributed by atoms with E-state index in [4.69, 9.17) is 14.2 Å². The van der Waals surface area contributed by atoms with E-state index >= 15 is 0 Å². The summed E-state index contributed by atoms with van der Waals surface area (Å²) in [6.45, 7) is 5.78. The molecule has 2 aliphatic rings. The van der Waals surface area contributed by atoms with Crippen molar-refractivity contribution in [3.63, 3.8) is 0 Å². The second-order valence-electron chi connectivity index (χ2n) is 9.18. The van der Waals surface area contributed by atoms with Crippen LogP contribution in [0, 0.1) is 0 Å². The SMILES string of the molecule is CCCCCC1(c2ccccc2)OC1COCC1OC1(CCCCC)c1ccccc1. The number of hydrogen-bond donors (Lipinski definition) is 0. The fourth-order valence-electron chi connectivity index (χ4n) is 5.01. The summed E-state index contributed by atoms with van der Waals surface area (Å²) in [5, 5.41) is 0. The van der Waals surface area contributed by atoms with E-state index in [1.807, 2.05) is 0 Å². The number of benzene rings is 2. The van der Waals surface area contributed by atoms with Crippen LogP contribution in [0.15, 0.2) is 60.7 Å². The van der Waals surface area contributed by atoms with Crippen molar-refractivity contribution in [3.8, 4) is 0 Å². The van der Waals surface area contributed by atoms with E-state index in [0.29, 0.717) is 13.2 Å². The van der Waals surface area contributed by atoms with Gasteiger partial charge in [0.1, 0.15) is 23.4 Å². The van der Waals surface area contributed by atoms with Crippen LogP contribution in [0.3, 0.4) is 0 Å². The van der Waals surface area contributed by atoms with Gasteiger partial charge in [0.25, 0.3) is 0 Å². The summed E-state index contributed by atoms with van der Waals surface area (Å²) in [5.74, 6) is 0. The number of epoxide rings is 2. The summed E-state index contributed by atoms with van der Waals surface area (Å²) in [5.41, 5.74) is 2.28. The second-order valence-corrected chi connectivity index (χ2v) is 9.18. The van der Waals surface area contributed by atoms with Gasteiger partial charge in [0, 0.05) is 0 Å². The fraction of sp³-hybridized carbons (Fsp3) is 0.571. The zero-order chi connectivity index (χ0) is 21.6.